The van der Waals surface area contributed by atoms with Gasteiger partial charge >= 0.3 is 12.0 Å². The number of aromatic nitrogens is 1. The maximum Gasteiger partial charge on any atom is 0.354 e. The van der Waals surface area contributed by atoms with Crippen LogP contribution in [0.5, 0.6) is 0 Å². The molecule has 21 heavy (non-hydrogen) atoms. The van der Waals surface area contributed by atoms with Gasteiger partial charge in [0.25, 0.3) is 0 Å². The number of urea groups is 1. The molecule has 0 saturated carbocycles. The Balaban J connectivity index is 2.47. The highest BCUT2D eigenvalue weighted by atomic mass is 32.2. The van der Waals surface area contributed by atoms with Crippen LogP contribution >= 0.6 is 0 Å². The third-order valence-electron chi connectivity index (χ3n) is 2.63. The van der Waals surface area contributed by atoms with Crippen LogP contribution in [-0.2, 0) is 16.4 Å². The van der Waals surface area contributed by atoms with Gasteiger partial charge in [-0.3, -0.25) is 0 Å². The first kappa shape index (κ1) is 16.9. The summed E-state index contributed by atoms with van der Waals surface area (Å²) < 4.78 is 22.0. The lowest BCUT2D eigenvalue weighted by Crippen LogP contribution is -2.39. The zero-order valence-electron chi connectivity index (χ0n) is 11.7. The van der Waals surface area contributed by atoms with Crippen LogP contribution in [0, 0.1) is 0 Å². The van der Waals surface area contributed by atoms with Crippen LogP contribution in [0.15, 0.2) is 18.3 Å². The van der Waals surface area contributed by atoms with Crippen LogP contribution in [-0.4, -0.2) is 61.0 Å². The molecular formula is C12H17N3O5S. The van der Waals surface area contributed by atoms with Crippen LogP contribution in [0.2, 0.25) is 0 Å². The van der Waals surface area contributed by atoms with E-state index in [2.05, 4.69) is 10.3 Å². The molecule has 0 aliphatic rings. The predicted molar refractivity (Wildman–Crippen MR) is 75.8 cm³/mol. The highest BCUT2D eigenvalue weighted by Crippen LogP contribution is 2.00. The number of amides is 2. The van der Waals surface area contributed by atoms with Gasteiger partial charge in [0.15, 0.2) is 0 Å². The van der Waals surface area contributed by atoms with Crippen LogP contribution in [0.1, 0.15) is 16.1 Å². The molecular weight excluding hydrogens is 298 g/mol. The molecule has 0 saturated heterocycles. The lowest BCUT2D eigenvalue weighted by Gasteiger charge is -2.17. The number of carbonyl (C=O) groups is 2. The lowest BCUT2D eigenvalue weighted by atomic mass is 10.2. The molecule has 0 spiro atoms. The molecule has 2 N–H and O–H groups in total. The molecule has 9 heteroatoms. The van der Waals surface area contributed by atoms with Crippen molar-refractivity contribution in [2.75, 3.05) is 25.6 Å². The standard InChI is InChI=1S/C12H17N3O5S/c1-15(5-6-21(2,19)20)12(18)14-8-9-3-4-10(11(16)17)13-7-9/h3-4,7H,5-6,8H2,1-2H3,(H,14,18)(H,16,17). The van der Waals surface area contributed by atoms with E-state index in [1.165, 1.54) is 24.2 Å². The van der Waals surface area contributed by atoms with Gasteiger partial charge in [0, 0.05) is 32.6 Å². The molecule has 0 radical (unpaired) electrons. The van der Waals surface area contributed by atoms with Crippen molar-refractivity contribution >= 4 is 21.8 Å². The van der Waals surface area contributed by atoms with Gasteiger partial charge in [-0.25, -0.2) is 23.0 Å². The molecule has 116 valence electrons. The Bertz CT molecular complexity index is 612. The number of aromatic carboxylic acids is 1. The summed E-state index contributed by atoms with van der Waals surface area (Å²) in [5.41, 5.74) is 0.570. The van der Waals surface area contributed by atoms with Crippen molar-refractivity contribution in [1.29, 1.82) is 0 Å². The summed E-state index contributed by atoms with van der Waals surface area (Å²) in [5, 5.41) is 11.3. The smallest absolute Gasteiger partial charge is 0.354 e. The number of pyridine rings is 1. The van der Waals surface area contributed by atoms with E-state index in [9.17, 15) is 18.0 Å². The second-order valence-corrected chi connectivity index (χ2v) is 6.83. The largest absolute Gasteiger partial charge is 0.477 e. The summed E-state index contributed by atoms with van der Waals surface area (Å²) in [6.45, 7) is 0.274. The molecule has 1 heterocycles. The van der Waals surface area contributed by atoms with Gasteiger partial charge in [-0.05, 0) is 11.6 Å². The molecule has 0 fully saturated rings. The number of nitrogens with zero attached hydrogens (tertiary/aromatic N) is 2. The van der Waals surface area contributed by atoms with Gasteiger partial charge in [0.05, 0.1) is 5.75 Å². The zero-order valence-corrected chi connectivity index (χ0v) is 12.6. The van der Waals surface area contributed by atoms with Crippen molar-refractivity contribution in [1.82, 2.24) is 15.2 Å². The summed E-state index contributed by atoms with van der Waals surface area (Å²) in [4.78, 5) is 27.3. The third-order valence-corrected chi connectivity index (χ3v) is 3.56. The molecule has 2 amide bonds. The average molecular weight is 315 g/mol. The summed E-state index contributed by atoms with van der Waals surface area (Å²) in [5.74, 6) is -1.22. The van der Waals surface area contributed by atoms with Gasteiger partial charge < -0.3 is 15.3 Å². The van der Waals surface area contributed by atoms with Gasteiger partial charge in [-0.15, -0.1) is 0 Å². The first-order valence-electron chi connectivity index (χ1n) is 6.04. The molecule has 0 aliphatic heterocycles. The maximum atomic E-state index is 11.7. The monoisotopic (exact) mass is 315 g/mol. The molecule has 1 aromatic heterocycles. The summed E-state index contributed by atoms with van der Waals surface area (Å²) >= 11 is 0. The summed E-state index contributed by atoms with van der Waals surface area (Å²) in [6, 6.07) is 2.48. The minimum atomic E-state index is -3.12. The van der Waals surface area contributed by atoms with E-state index in [4.69, 9.17) is 5.11 Å². The van der Waals surface area contributed by atoms with E-state index in [1.807, 2.05) is 0 Å². The van der Waals surface area contributed by atoms with Crippen molar-refractivity contribution in [3.05, 3.63) is 29.6 Å². The second-order valence-electron chi connectivity index (χ2n) is 4.57. The SMILES string of the molecule is CN(CCS(C)(=O)=O)C(=O)NCc1ccc(C(=O)O)nc1. The van der Waals surface area contributed by atoms with Crippen molar-refractivity contribution in [2.45, 2.75) is 6.54 Å². The Morgan fingerprint density at radius 2 is 2.05 bits per heavy atom. The Labute approximate surface area is 122 Å². The van der Waals surface area contributed by atoms with Gasteiger partial charge in [-0.2, -0.15) is 0 Å². The van der Waals surface area contributed by atoms with Crippen molar-refractivity contribution in [3.63, 3.8) is 0 Å². The van der Waals surface area contributed by atoms with Gasteiger partial charge in [-0.1, -0.05) is 6.07 Å². The predicted octanol–water partition coefficient (Wildman–Crippen LogP) is -0.0342. The summed E-state index contributed by atoms with van der Waals surface area (Å²) in [6.07, 6.45) is 2.47. The van der Waals surface area contributed by atoms with Crippen LogP contribution in [0.4, 0.5) is 4.79 Å². The second kappa shape index (κ2) is 7.02. The molecule has 1 aromatic rings. The van der Waals surface area contributed by atoms with E-state index in [-0.39, 0.29) is 24.5 Å². The third kappa shape index (κ3) is 6.21. The Hall–Kier alpha value is -2.16. The van der Waals surface area contributed by atoms with Crippen molar-refractivity contribution in [3.8, 4) is 0 Å². The van der Waals surface area contributed by atoms with Crippen LogP contribution in [0.25, 0.3) is 0 Å². The fourth-order valence-electron chi connectivity index (χ4n) is 1.37. The Morgan fingerprint density at radius 3 is 2.52 bits per heavy atom. The molecule has 1 rings (SSSR count). The Morgan fingerprint density at radius 1 is 1.38 bits per heavy atom. The normalized spacial score (nSPS) is 11.0. The minimum absolute atomic E-state index is 0.0738. The Kier molecular flexibility index (Phi) is 5.65. The van der Waals surface area contributed by atoms with Crippen molar-refractivity contribution in [2.24, 2.45) is 0 Å². The number of hydrogen-bond donors (Lipinski definition) is 2. The number of carboxylic acids is 1. The average Bonchev–Trinajstić information content (AvgIpc) is 2.41. The number of sulfone groups is 1. The zero-order chi connectivity index (χ0) is 16.0. The first-order valence-corrected chi connectivity index (χ1v) is 8.10. The number of nitrogens with one attached hydrogen (secondary N) is 1. The number of carbonyl (C=O) groups excluding carboxylic acids is 1. The molecule has 0 atom stereocenters. The minimum Gasteiger partial charge on any atom is -0.477 e. The molecule has 0 unspecified atom stereocenters. The fraction of sp³-hybridized carbons (Fsp3) is 0.417. The van der Waals surface area contributed by atoms with Crippen LogP contribution in [0.3, 0.4) is 0 Å². The molecule has 0 aliphatic carbocycles. The molecule has 0 bridgehead atoms. The number of carboxylic acid groups (broad SMARTS) is 1. The van der Waals surface area contributed by atoms with Crippen molar-refractivity contribution < 1.29 is 23.1 Å². The van der Waals surface area contributed by atoms with Gasteiger partial charge in [0.1, 0.15) is 15.5 Å². The summed E-state index contributed by atoms with van der Waals surface area (Å²) in [7, 11) is -1.63. The van der Waals surface area contributed by atoms with E-state index >= 15 is 0 Å². The molecule has 8 nitrogen and oxygen atoms in total. The quantitative estimate of drug-likeness (QED) is 0.761. The van der Waals surface area contributed by atoms with E-state index in [1.54, 1.807) is 6.07 Å². The first-order chi connectivity index (χ1) is 9.69. The maximum absolute atomic E-state index is 11.7. The van der Waals surface area contributed by atoms with Gasteiger partial charge in [0.2, 0.25) is 0 Å². The van der Waals surface area contributed by atoms with E-state index in [0.717, 1.165) is 6.26 Å². The lowest BCUT2D eigenvalue weighted by molar-refractivity contribution is 0.0690. The topological polar surface area (TPSA) is 117 Å². The van der Waals surface area contributed by atoms with Crippen LogP contribution < -0.4 is 5.32 Å². The number of rotatable bonds is 6. The molecule has 0 aromatic carbocycles. The number of hydrogen-bond acceptors (Lipinski definition) is 5. The highest BCUT2D eigenvalue weighted by molar-refractivity contribution is 7.90. The highest BCUT2D eigenvalue weighted by Gasteiger charge is 2.11. The van der Waals surface area contributed by atoms with E-state index < -0.39 is 21.8 Å². The fourth-order valence-corrected chi connectivity index (χ4v) is 1.98. The van der Waals surface area contributed by atoms with E-state index in [0.29, 0.717) is 5.56 Å².